The van der Waals surface area contributed by atoms with Gasteiger partial charge in [0.1, 0.15) is 0 Å². The summed E-state index contributed by atoms with van der Waals surface area (Å²) in [4.78, 5) is 4.37. The highest BCUT2D eigenvalue weighted by molar-refractivity contribution is 5.68. The molecule has 0 spiro atoms. The first-order valence-corrected chi connectivity index (χ1v) is 9.58. The number of hydrogen-bond donors (Lipinski definition) is 1. The lowest BCUT2D eigenvalue weighted by Crippen LogP contribution is -2.34. The molecule has 0 bridgehead atoms. The van der Waals surface area contributed by atoms with Gasteiger partial charge < -0.3 is 5.32 Å². The van der Waals surface area contributed by atoms with Gasteiger partial charge in [-0.15, -0.1) is 0 Å². The van der Waals surface area contributed by atoms with Gasteiger partial charge in [-0.1, -0.05) is 48.5 Å². The predicted octanol–water partition coefficient (Wildman–Crippen LogP) is 5.76. The summed E-state index contributed by atoms with van der Waals surface area (Å²) in [6.07, 6.45) is 2.80. The largest absolute Gasteiger partial charge is 0.416 e. The zero-order valence-corrected chi connectivity index (χ0v) is 15.8. The third kappa shape index (κ3) is 4.74. The van der Waals surface area contributed by atoms with E-state index in [1.54, 1.807) is 6.07 Å². The second kappa shape index (κ2) is 8.21. The Bertz CT molecular complexity index is 1010. The first kappa shape index (κ1) is 19.4. The molecule has 0 amide bonds. The molecule has 0 radical (unpaired) electrons. The Morgan fingerprint density at radius 1 is 0.897 bits per heavy atom. The first-order valence-electron chi connectivity index (χ1n) is 9.58. The van der Waals surface area contributed by atoms with E-state index in [1.165, 1.54) is 12.1 Å². The number of benzene rings is 2. The molecule has 5 heteroatoms. The number of nitrogens with zero attached hydrogens (tertiary/aromatic N) is 1. The summed E-state index contributed by atoms with van der Waals surface area (Å²) < 4.78 is 39.1. The second-order valence-electron chi connectivity index (χ2n) is 7.27. The lowest BCUT2D eigenvalue weighted by atomic mass is 9.91. The van der Waals surface area contributed by atoms with Crippen LogP contribution in [0, 0.1) is 0 Å². The molecule has 1 N–H and O–H groups in total. The second-order valence-corrected chi connectivity index (χ2v) is 7.27. The fraction of sp³-hybridized carbons (Fsp3) is 0.208. The molecular formula is C24H21F3N2. The van der Waals surface area contributed by atoms with Crippen LogP contribution >= 0.6 is 0 Å². The molecule has 0 saturated carbocycles. The quantitative estimate of drug-likeness (QED) is 0.609. The minimum Gasteiger partial charge on any atom is -0.310 e. The SMILES string of the molecule is FC(F)(F)c1cccc(C2=CCNC(Cc3cncc(-c4ccccc4)c3)C2)c1. The number of nitrogens with one attached hydrogen (secondary N) is 1. The van der Waals surface area contributed by atoms with E-state index < -0.39 is 11.7 Å². The normalized spacial score (nSPS) is 17.1. The summed E-state index contributed by atoms with van der Waals surface area (Å²) in [5.41, 5.74) is 4.27. The molecule has 2 nitrogen and oxygen atoms in total. The molecule has 4 rings (SSSR count). The Kier molecular flexibility index (Phi) is 5.49. The maximum absolute atomic E-state index is 13.0. The zero-order chi connectivity index (χ0) is 20.3. The van der Waals surface area contributed by atoms with Crippen molar-refractivity contribution in [3.05, 3.63) is 95.8 Å². The molecule has 1 unspecified atom stereocenters. The highest BCUT2D eigenvalue weighted by atomic mass is 19.4. The highest BCUT2D eigenvalue weighted by Gasteiger charge is 2.30. The van der Waals surface area contributed by atoms with E-state index in [1.807, 2.05) is 48.8 Å². The van der Waals surface area contributed by atoms with Gasteiger partial charge in [0.25, 0.3) is 0 Å². The number of hydrogen-bond acceptors (Lipinski definition) is 2. The third-order valence-corrected chi connectivity index (χ3v) is 5.17. The maximum atomic E-state index is 13.0. The molecule has 1 atom stereocenters. The van der Waals surface area contributed by atoms with Crippen LogP contribution in [0.1, 0.15) is 23.1 Å². The molecule has 1 aliphatic rings. The third-order valence-electron chi connectivity index (χ3n) is 5.17. The van der Waals surface area contributed by atoms with Gasteiger partial charge in [-0.05, 0) is 53.3 Å². The van der Waals surface area contributed by atoms with E-state index >= 15 is 0 Å². The van der Waals surface area contributed by atoms with Crippen LogP contribution in [0.15, 0.2) is 79.1 Å². The van der Waals surface area contributed by atoms with Gasteiger partial charge in [0.2, 0.25) is 0 Å². The van der Waals surface area contributed by atoms with Crippen LogP contribution < -0.4 is 5.32 Å². The average Bonchev–Trinajstić information content (AvgIpc) is 2.74. The van der Waals surface area contributed by atoms with Gasteiger partial charge in [-0.25, -0.2) is 0 Å². The number of pyridine rings is 1. The number of rotatable bonds is 4. The van der Waals surface area contributed by atoms with Crippen LogP contribution in [0.5, 0.6) is 0 Å². The van der Waals surface area contributed by atoms with Gasteiger partial charge in [0.05, 0.1) is 5.56 Å². The van der Waals surface area contributed by atoms with Crippen molar-refractivity contribution in [2.24, 2.45) is 0 Å². The van der Waals surface area contributed by atoms with Crippen LogP contribution in [0.4, 0.5) is 13.2 Å². The van der Waals surface area contributed by atoms with Crippen LogP contribution in [-0.4, -0.2) is 17.6 Å². The van der Waals surface area contributed by atoms with Crippen molar-refractivity contribution >= 4 is 5.57 Å². The number of halogens is 3. The Hall–Kier alpha value is -2.92. The van der Waals surface area contributed by atoms with Gasteiger partial charge in [0, 0.05) is 30.5 Å². The molecule has 29 heavy (non-hydrogen) atoms. The highest BCUT2D eigenvalue weighted by Crippen LogP contribution is 2.32. The molecule has 148 valence electrons. The Morgan fingerprint density at radius 2 is 1.69 bits per heavy atom. The van der Waals surface area contributed by atoms with Crippen molar-refractivity contribution in [1.82, 2.24) is 10.3 Å². The number of alkyl halides is 3. The minimum atomic E-state index is -4.33. The standard InChI is InChI=1S/C24H21F3N2/c25-24(26,27)22-8-4-7-19(13-22)20-9-10-29-23(14-20)12-17-11-21(16-28-15-17)18-5-2-1-3-6-18/h1-9,11,13,15-16,23,29H,10,12,14H2. The fourth-order valence-corrected chi connectivity index (χ4v) is 3.72. The molecule has 0 saturated heterocycles. The van der Waals surface area contributed by atoms with Gasteiger partial charge in [-0.2, -0.15) is 13.2 Å². The molecular weight excluding hydrogens is 373 g/mol. The van der Waals surface area contributed by atoms with E-state index in [4.69, 9.17) is 0 Å². The first-order chi connectivity index (χ1) is 14.0. The van der Waals surface area contributed by atoms with Crippen molar-refractivity contribution in [3.8, 4) is 11.1 Å². The van der Waals surface area contributed by atoms with Crippen molar-refractivity contribution in [1.29, 1.82) is 0 Å². The summed E-state index contributed by atoms with van der Waals surface area (Å²) in [7, 11) is 0. The smallest absolute Gasteiger partial charge is 0.310 e. The van der Waals surface area contributed by atoms with Crippen LogP contribution in [0.2, 0.25) is 0 Å². The van der Waals surface area contributed by atoms with Crippen LogP contribution in [-0.2, 0) is 12.6 Å². The molecule has 2 aromatic carbocycles. The van der Waals surface area contributed by atoms with E-state index in [0.717, 1.165) is 34.8 Å². The predicted molar refractivity (Wildman–Crippen MR) is 109 cm³/mol. The molecule has 1 aliphatic heterocycles. The average molecular weight is 394 g/mol. The molecule has 0 fully saturated rings. The lowest BCUT2D eigenvalue weighted by molar-refractivity contribution is -0.137. The Morgan fingerprint density at radius 3 is 2.48 bits per heavy atom. The van der Waals surface area contributed by atoms with Crippen molar-refractivity contribution in [2.75, 3.05) is 6.54 Å². The van der Waals surface area contributed by atoms with Gasteiger partial charge >= 0.3 is 6.18 Å². The summed E-state index contributed by atoms with van der Waals surface area (Å²) in [6.45, 7) is 0.641. The van der Waals surface area contributed by atoms with E-state index in [0.29, 0.717) is 18.5 Å². The minimum absolute atomic E-state index is 0.150. The van der Waals surface area contributed by atoms with Gasteiger partial charge in [0.15, 0.2) is 0 Å². The van der Waals surface area contributed by atoms with E-state index in [-0.39, 0.29) is 6.04 Å². The maximum Gasteiger partial charge on any atom is 0.416 e. The monoisotopic (exact) mass is 394 g/mol. The fourth-order valence-electron chi connectivity index (χ4n) is 3.72. The van der Waals surface area contributed by atoms with E-state index in [2.05, 4.69) is 16.4 Å². The molecule has 1 aromatic heterocycles. The Labute approximate surface area is 168 Å². The summed E-state index contributed by atoms with van der Waals surface area (Å²) in [5, 5.41) is 3.45. The van der Waals surface area contributed by atoms with E-state index in [9.17, 15) is 13.2 Å². The molecule has 2 heterocycles. The van der Waals surface area contributed by atoms with Crippen LogP contribution in [0.25, 0.3) is 16.7 Å². The molecule has 0 aliphatic carbocycles. The van der Waals surface area contributed by atoms with Crippen molar-refractivity contribution in [2.45, 2.75) is 25.1 Å². The topological polar surface area (TPSA) is 24.9 Å². The Balaban J connectivity index is 1.49. The summed E-state index contributed by atoms with van der Waals surface area (Å²) in [6, 6.07) is 17.9. The van der Waals surface area contributed by atoms with Gasteiger partial charge in [-0.3, -0.25) is 4.98 Å². The van der Waals surface area contributed by atoms with Crippen LogP contribution in [0.3, 0.4) is 0 Å². The number of aromatic nitrogens is 1. The summed E-state index contributed by atoms with van der Waals surface area (Å²) >= 11 is 0. The van der Waals surface area contributed by atoms with Crippen molar-refractivity contribution < 1.29 is 13.2 Å². The lowest BCUT2D eigenvalue weighted by Gasteiger charge is -2.25. The van der Waals surface area contributed by atoms with Crippen molar-refractivity contribution in [3.63, 3.8) is 0 Å². The summed E-state index contributed by atoms with van der Waals surface area (Å²) in [5.74, 6) is 0. The molecule has 3 aromatic rings. The zero-order valence-electron chi connectivity index (χ0n) is 15.8.